The lowest BCUT2D eigenvalue weighted by Crippen LogP contribution is -2.56. The first-order chi connectivity index (χ1) is 10.9. The number of ether oxygens (including phenoxy) is 1. The lowest BCUT2D eigenvalue weighted by atomic mass is 10.0. The van der Waals surface area contributed by atoms with Crippen LogP contribution in [0.2, 0.25) is 5.02 Å². The molecule has 2 rings (SSSR count). The maximum atomic E-state index is 12.3. The average molecular weight is 340 g/mol. The number of carbonyl (C=O) groups is 1. The predicted octanol–water partition coefficient (Wildman–Crippen LogP) is 2.59. The molecule has 0 atom stereocenters. The van der Waals surface area contributed by atoms with E-state index in [1.807, 2.05) is 24.3 Å². The van der Waals surface area contributed by atoms with Crippen LogP contribution in [0, 0.1) is 0 Å². The molecular weight excluding hydrogens is 314 g/mol. The van der Waals surface area contributed by atoms with Crippen molar-refractivity contribution in [2.75, 3.05) is 39.9 Å². The van der Waals surface area contributed by atoms with Crippen molar-refractivity contribution in [3.05, 3.63) is 34.9 Å². The van der Waals surface area contributed by atoms with Gasteiger partial charge in [-0.25, -0.2) is 4.79 Å². The monoisotopic (exact) mass is 339 g/mol. The fraction of sp³-hybridized carbons (Fsp3) is 0.588. The molecule has 0 radical (unpaired) electrons. The molecule has 0 saturated carbocycles. The summed E-state index contributed by atoms with van der Waals surface area (Å²) in [6.07, 6.45) is 0. The number of hydrogen-bond donors (Lipinski definition) is 1. The van der Waals surface area contributed by atoms with Crippen molar-refractivity contribution in [1.29, 1.82) is 0 Å². The smallest absolute Gasteiger partial charge is 0.317 e. The highest BCUT2D eigenvalue weighted by Gasteiger charge is 2.28. The number of urea groups is 1. The summed E-state index contributed by atoms with van der Waals surface area (Å²) in [5.74, 6) is 0. The molecule has 1 N–H and O–H groups in total. The number of morpholine rings is 1. The van der Waals surface area contributed by atoms with Crippen LogP contribution in [0.15, 0.2) is 24.3 Å². The van der Waals surface area contributed by atoms with Crippen LogP contribution < -0.4 is 5.32 Å². The molecule has 0 aliphatic carbocycles. The van der Waals surface area contributed by atoms with Gasteiger partial charge in [0.15, 0.2) is 0 Å². The van der Waals surface area contributed by atoms with E-state index in [1.54, 1.807) is 11.9 Å². The SMILES string of the molecule is CN(Cc1ccc(Cl)cc1)C(=O)NCC(C)(C)N1CCOCC1. The Morgan fingerprint density at radius 2 is 1.91 bits per heavy atom. The van der Waals surface area contributed by atoms with Gasteiger partial charge in [0.25, 0.3) is 0 Å². The van der Waals surface area contributed by atoms with Crippen LogP contribution in [0.3, 0.4) is 0 Å². The van der Waals surface area contributed by atoms with Gasteiger partial charge in [0.05, 0.1) is 13.2 Å². The fourth-order valence-electron chi connectivity index (χ4n) is 2.64. The van der Waals surface area contributed by atoms with Crippen molar-refractivity contribution in [2.24, 2.45) is 0 Å². The third-order valence-electron chi connectivity index (χ3n) is 4.22. The maximum Gasteiger partial charge on any atom is 0.317 e. The Labute approximate surface area is 143 Å². The highest BCUT2D eigenvalue weighted by molar-refractivity contribution is 6.30. The van der Waals surface area contributed by atoms with Crippen molar-refractivity contribution < 1.29 is 9.53 Å². The normalized spacial score (nSPS) is 16.2. The van der Waals surface area contributed by atoms with Crippen LogP contribution in [0.25, 0.3) is 0 Å². The molecule has 1 aromatic carbocycles. The van der Waals surface area contributed by atoms with Crippen molar-refractivity contribution in [2.45, 2.75) is 25.9 Å². The molecule has 0 unspecified atom stereocenters. The van der Waals surface area contributed by atoms with Crippen molar-refractivity contribution in [3.63, 3.8) is 0 Å². The number of benzene rings is 1. The molecule has 1 aromatic rings. The zero-order chi connectivity index (χ0) is 16.9. The first-order valence-corrected chi connectivity index (χ1v) is 8.32. The Kier molecular flexibility index (Phi) is 6.27. The van der Waals surface area contributed by atoms with Crippen LogP contribution in [0.4, 0.5) is 4.79 Å². The van der Waals surface area contributed by atoms with E-state index in [4.69, 9.17) is 16.3 Å². The van der Waals surface area contributed by atoms with Gasteiger partial charge in [-0.2, -0.15) is 0 Å². The van der Waals surface area contributed by atoms with Gasteiger partial charge in [-0.1, -0.05) is 23.7 Å². The number of hydrogen-bond acceptors (Lipinski definition) is 3. The second kappa shape index (κ2) is 7.99. The molecular formula is C17H26ClN3O2. The molecule has 128 valence electrons. The molecule has 1 aliphatic heterocycles. The molecule has 2 amide bonds. The number of halogens is 1. The van der Waals surface area contributed by atoms with E-state index in [0.29, 0.717) is 18.1 Å². The van der Waals surface area contributed by atoms with Gasteiger partial charge in [-0.15, -0.1) is 0 Å². The van der Waals surface area contributed by atoms with Crippen molar-refractivity contribution in [1.82, 2.24) is 15.1 Å². The molecule has 6 heteroatoms. The van der Waals surface area contributed by atoms with Gasteiger partial charge >= 0.3 is 6.03 Å². The number of amides is 2. The summed E-state index contributed by atoms with van der Waals surface area (Å²) >= 11 is 5.88. The minimum absolute atomic E-state index is 0.0683. The number of nitrogens with one attached hydrogen (secondary N) is 1. The highest BCUT2D eigenvalue weighted by Crippen LogP contribution is 2.15. The third-order valence-corrected chi connectivity index (χ3v) is 4.47. The summed E-state index contributed by atoms with van der Waals surface area (Å²) in [6.45, 7) is 8.79. The summed E-state index contributed by atoms with van der Waals surface area (Å²) in [5, 5.41) is 3.73. The largest absolute Gasteiger partial charge is 0.379 e. The average Bonchev–Trinajstić information content (AvgIpc) is 2.55. The lowest BCUT2D eigenvalue weighted by molar-refractivity contribution is -0.00900. The molecule has 1 heterocycles. The Balaban J connectivity index is 1.82. The fourth-order valence-corrected chi connectivity index (χ4v) is 2.77. The van der Waals surface area contributed by atoms with E-state index in [0.717, 1.165) is 31.9 Å². The number of carbonyl (C=O) groups excluding carboxylic acids is 1. The van der Waals surface area contributed by atoms with Gasteiger partial charge < -0.3 is 15.0 Å². The Bertz CT molecular complexity index is 513. The van der Waals surface area contributed by atoms with Gasteiger partial charge in [0.2, 0.25) is 0 Å². The van der Waals surface area contributed by atoms with Crippen LogP contribution >= 0.6 is 11.6 Å². The first-order valence-electron chi connectivity index (χ1n) is 7.95. The van der Waals surface area contributed by atoms with E-state index in [9.17, 15) is 4.79 Å². The summed E-state index contributed by atoms with van der Waals surface area (Å²) in [4.78, 5) is 16.3. The van der Waals surface area contributed by atoms with E-state index in [-0.39, 0.29) is 11.6 Å². The van der Waals surface area contributed by atoms with E-state index in [1.165, 1.54) is 0 Å². The molecule has 0 bridgehead atoms. The zero-order valence-corrected chi connectivity index (χ0v) is 14.9. The molecule has 23 heavy (non-hydrogen) atoms. The molecule has 1 aliphatic rings. The quantitative estimate of drug-likeness (QED) is 0.896. The summed E-state index contributed by atoms with van der Waals surface area (Å²) in [6, 6.07) is 7.48. The minimum Gasteiger partial charge on any atom is -0.379 e. The van der Waals surface area contributed by atoms with E-state index in [2.05, 4.69) is 24.1 Å². The second-order valence-electron chi connectivity index (χ2n) is 6.55. The predicted molar refractivity (Wildman–Crippen MR) is 92.8 cm³/mol. The highest BCUT2D eigenvalue weighted by atomic mass is 35.5. The molecule has 5 nitrogen and oxygen atoms in total. The zero-order valence-electron chi connectivity index (χ0n) is 14.1. The molecule has 1 fully saturated rings. The summed E-state index contributed by atoms with van der Waals surface area (Å²) < 4.78 is 5.39. The number of rotatable bonds is 5. The van der Waals surface area contributed by atoms with Crippen molar-refractivity contribution in [3.8, 4) is 0 Å². The molecule has 1 saturated heterocycles. The Morgan fingerprint density at radius 3 is 2.52 bits per heavy atom. The van der Waals surface area contributed by atoms with Gasteiger partial charge in [0, 0.05) is 43.8 Å². The van der Waals surface area contributed by atoms with Crippen LogP contribution in [0.5, 0.6) is 0 Å². The Hall–Kier alpha value is -1.30. The van der Waals surface area contributed by atoms with Crippen LogP contribution in [0.1, 0.15) is 19.4 Å². The standard InChI is InChI=1S/C17H26ClN3O2/c1-17(2,21-8-10-23-11-9-21)13-19-16(22)20(3)12-14-4-6-15(18)7-5-14/h4-7H,8-13H2,1-3H3,(H,19,22). The molecule has 0 spiro atoms. The second-order valence-corrected chi connectivity index (χ2v) is 6.99. The summed E-state index contributed by atoms with van der Waals surface area (Å²) in [7, 11) is 1.80. The van der Waals surface area contributed by atoms with Gasteiger partial charge in [0.1, 0.15) is 0 Å². The van der Waals surface area contributed by atoms with Crippen LogP contribution in [-0.4, -0.2) is 61.3 Å². The maximum absolute atomic E-state index is 12.3. The summed E-state index contributed by atoms with van der Waals surface area (Å²) in [5.41, 5.74) is 0.972. The van der Waals surface area contributed by atoms with Gasteiger partial charge in [-0.3, -0.25) is 4.90 Å². The minimum atomic E-state index is -0.0828. The number of nitrogens with zero attached hydrogens (tertiary/aromatic N) is 2. The lowest BCUT2D eigenvalue weighted by Gasteiger charge is -2.41. The van der Waals surface area contributed by atoms with E-state index >= 15 is 0 Å². The topological polar surface area (TPSA) is 44.8 Å². The van der Waals surface area contributed by atoms with E-state index < -0.39 is 0 Å². The Morgan fingerprint density at radius 1 is 1.30 bits per heavy atom. The first kappa shape index (κ1) is 18.0. The van der Waals surface area contributed by atoms with Crippen molar-refractivity contribution >= 4 is 17.6 Å². The van der Waals surface area contributed by atoms with Gasteiger partial charge in [-0.05, 0) is 31.5 Å². The van der Waals surface area contributed by atoms with Crippen LogP contribution in [-0.2, 0) is 11.3 Å². The molecule has 0 aromatic heterocycles. The third kappa shape index (κ3) is 5.37.